The lowest BCUT2D eigenvalue weighted by Gasteiger charge is -2.22. The predicted octanol–water partition coefficient (Wildman–Crippen LogP) is 9.91. The number of rotatable bonds is 21. The molecule has 0 aliphatic rings. The van der Waals surface area contributed by atoms with E-state index in [0.717, 1.165) is 35.5 Å². The van der Waals surface area contributed by atoms with Crippen LogP contribution in [-0.4, -0.2) is 11.7 Å². The van der Waals surface area contributed by atoms with Crippen LogP contribution in [0.2, 0.25) is 0 Å². The second-order valence-corrected chi connectivity index (χ2v) is 12.5. The van der Waals surface area contributed by atoms with E-state index >= 15 is 0 Å². The third-order valence-electron chi connectivity index (χ3n) is 7.32. The minimum Gasteiger partial charge on any atom is -0.396 e. The van der Waals surface area contributed by atoms with Crippen molar-refractivity contribution in [1.29, 1.82) is 0 Å². The highest BCUT2D eigenvalue weighted by Gasteiger charge is 2.15. The highest BCUT2D eigenvalue weighted by molar-refractivity contribution is 4.68. The molecule has 0 aliphatic carbocycles. The van der Waals surface area contributed by atoms with Gasteiger partial charge < -0.3 is 5.11 Å². The average Bonchev–Trinajstić information content (AvgIpc) is 2.69. The molecule has 0 heterocycles. The zero-order valence-corrected chi connectivity index (χ0v) is 23.1. The van der Waals surface area contributed by atoms with Gasteiger partial charge in [-0.3, -0.25) is 0 Å². The third kappa shape index (κ3) is 20.3. The number of aliphatic hydroxyl groups is 1. The van der Waals surface area contributed by atoms with Gasteiger partial charge in [0.1, 0.15) is 0 Å². The first-order valence-corrected chi connectivity index (χ1v) is 14.2. The molecule has 0 radical (unpaired) electrons. The highest BCUT2D eigenvalue weighted by atomic mass is 16.3. The van der Waals surface area contributed by atoms with Crippen molar-refractivity contribution in [3.05, 3.63) is 0 Å². The maximum absolute atomic E-state index is 9.96. The number of aliphatic hydroxyl groups excluding tert-OH is 1. The van der Waals surface area contributed by atoms with Crippen LogP contribution in [0.5, 0.6) is 0 Å². The lowest BCUT2D eigenvalue weighted by Crippen LogP contribution is -2.10. The van der Waals surface area contributed by atoms with Crippen LogP contribution in [-0.2, 0) is 0 Å². The molecule has 0 unspecified atom stereocenters. The second kappa shape index (κ2) is 19.4. The zero-order chi connectivity index (χ0) is 23.6. The van der Waals surface area contributed by atoms with Crippen LogP contribution in [0.3, 0.4) is 0 Å². The van der Waals surface area contributed by atoms with Crippen LogP contribution in [0, 0.1) is 41.4 Å². The Morgan fingerprint density at radius 3 is 0.839 bits per heavy atom. The summed E-state index contributed by atoms with van der Waals surface area (Å²) in [5.74, 6) is 5.64. The highest BCUT2D eigenvalue weighted by Crippen LogP contribution is 2.28. The van der Waals surface area contributed by atoms with Gasteiger partial charge in [-0.1, -0.05) is 132 Å². The Bertz CT molecular complexity index is 313. The fourth-order valence-corrected chi connectivity index (χ4v) is 4.86. The van der Waals surface area contributed by atoms with E-state index in [1.54, 1.807) is 0 Å². The number of hydrogen-bond donors (Lipinski definition) is 1. The molecule has 0 aromatic rings. The van der Waals surface area contributed by atoms with Gasteiger partial charge in [-0.05, 0) is 54.3 Å². The first kappa shape index (κ1) is 31.0. The minimum absolute atomic E-state index is 0.394. The Labute approximate surface area is 198 Å². The lowest BCUT2D eigenvalue weighted by molar-refractivity contribution is 0.197. The lowest BCUT2D eigenvalue weighted by atomic mass is 9.84. The quantitative estimate of drug-likeness (QED) is 0.189. The van der Waals surface area contributed by atoms with E-state index in [2.05, 4.69) is 55.4 Å². The van der Waals surface area contributed by atoms with Gasteiger partial charge in [-0.15, -0.1) is 0 Å². The van der Waals surface area contributed by atoms with E-state index in [9.17, 15) is 5.11 Å². The van der Waals surface area contributed by atoms with Crippen molar-refractivity contribution in [2.75, 3.05) is 6.61 Å². The Kier molecular flexibility index (Phi) is 19.4. The third-order valence-corrected chi connectivity index (χ3v) is 7.32. The summed E-state index contributed by atoms with van der Waals surface area (Å²) in [6.07, 6.45) is 19.0. The molecular formula is C30H62O. The molecule has 0 saturated heterocycles. The van der Waals surface area contributed by atoms with E-state index < -0.39 is 0 Å². The van der Waals surface area contributed by atoms with Gasteiger partial charge in [0.25, 0.3) is 0 Å². The van der Waals surface area contributed by atoms with Crippen molar-refractivity contribution >= 4 is 0 Å². The summed E-state index contributed by atoms with van der Waals surface area (Å²) < 4.78 is 0. The van der Waals surface area contributed by atoms with Gasteiger partial charge in [-0.2, -0.15) is 0 Å². The average molecular weight is 439 g/mol. The Morgan fingerprint density at radius 2 is 0.613 bits per heavy atom. The van der Waals surface area contributed by atoms with Crippen LogP contribution < -0.4 is 0 Å². The van der Waals surface area contributed by atoms with E-state index in [1.165, 1.54) is 89.9 Å². The molecule has 0 atom stereocenters. The van der Waals surface area contributed by atoms with Crippen molar-refractivity contribution in [2.45, 2.75) is 145 Å². The normalized spacial score (nSPS) is 12.8. The molecule has 1 nitrogen and oxygen atoms in total. The Hall–Kier alpha value is -0.0400. The number of hydrogen-bond acceptors (Lipinski definition) is 1. The maximum atomic E-state index is 9.96. The van der Waals surface area contributed by atoms with Gasteiger partial charge in [0, 0.05) is 6.61 Å². The first-order chi connectivity index (χ1) is 14.6. The molecule has 0 aromatic heterocycles. The predicted molar refractivity (Wildman–Crippen MR) is 142 cm³/mol. The summed E-state index contributed by atoms with van der Waals surface area (Å²) >= 11 is 0. The van der Waals surface area contributed by atoms with Crippen LogP contribution in [0.1, 0.15) is 145 Å². The zero-order valence-electron chi connectivity index (χ0n) is 23.1. The summed E-state index contributed by atoms with van der Waals surface area (Å²) in [6.45, 7) is 19.3. The molecule has 0 aliphatic heterocycles. The molecule has 0 bridgehead atoms. The van der Waals surface area contributed by atoms with Crippen molar-refractivity contribution in [2.24, 2.45) is 41.4 Å². The van der Waals surface area contributed by atoms with Crippen LogP contribution >= 0.6 is 0 Å². The molecule has 0 aromatic carbocycles. The smallest absolute Gasteiger partial charge is 0.0459 e. The van der Waals surface area contributed by atoms with Gasteiger partial charge in [-0.25, -0.2) is 0 Å². The van der Waals surface area contributed by atoms with Crippen molar-refractivity contribution in [3.8, 4) is 0 Å². The van der Waals surface area contributed by atoms with E-state index in [0.29, 0.717) is 12.5 Å². The fraction of sp³-hybridized carbons (Fsp3) is 1.00. The van der Waals surface area contributed by atoms with Crippen LogP contribution in [0.25, 0.3) is 0 Å². The summed E-state index contributed by atoms with van der Waals surface area (Å²) in [7, 11) is 0. The van der Waals surface area contributed by atoms with Gasteiger partial charge in [0.05, 0.1) is 0 Å². The van der Waals surface area contributed by atoms with Crippen molar-refractivity contribution < 1.29 is 5.11 Å². The molecule has 0 rings (SSSR count). The molecule has 0 fully saturated rings. The molecule has 0 amide bonds. The molecule has 0 saturated carbocycles. The summed E-state index contributed by atoms with van der Waals surface area (Å²) in [5.41, 5.74) is 0. The van der Waals surface area contributed by atoms with Crippen molar-refractivity contribution in [1.82, 2.24) is 0 Å². The molecule has 1 heteroatoms. The topological polar surface area (TPSA) is 20.2 Å². The van der Waals surface area contributed by atoms with Crippen LogP contribution in [0.4, 0.5) is 0 Å². The molecular weight excluding hydrogens is 376 g/mol. The molecule has 1 N–H and O–H groups in total. The van der Waals surface area contributed by atoms with Gasteiger partial charge in [0.2, 0.25) is 0 Å². The first-order valence-electron chi connectivity index (χ1n) is 14.2. The Morgan fingerprint density at radius 1 is 0.355 bits per heavy atom. The summed E-state index contributed by atoms with van der Waals surface area (Å²) in [6, 6.07) is 0. The Balaban J connectivity index is 4.33. The van der Waals surface area contributed by atoms with Gasteiger partial charge in [0.15, 0.2) is 0 Å². The van der Waals surface area contributed by atoms with E-state index in [4.69, 9.17) is 0 Å². The molecule has 0 spiro atoms. The summed E-state index contributed by atoms with van der Waals surface area (Å²) in [5, 5.41) is 9.96. The van der Waals surface area contributed by atoms with Gasteiger partial charge >= 0.3 is 0 Å². The molecule has 31 heavy (non-hydrogen) atoms. The minimum atomic E-state index is 0.394. The van der Waals surface area contributed by atoms with Crippen molar-refractivity contribution in [3.63, 3.8) is 0 Å². The monoisotopic (exact) mass is 438 g/mol. The fourth-order valence-electron chi connectivity index (χ4n) is 4.86. The van der Waals surface area contributed by atoms with E-state index in [-0.39, 0.29) is 0 Å². The SMILES string of the molecule is CC(C)CCC(CCCC(CO)CCCC(CCC(C)C)CCC(C)C)CCC(C)C. The molecule has 188 valence electrons. The maximum Gasteiger partial charge on any atom is 0.0459 e. The van der Waals surface area contributed by atoms with E-state index in [1.807, 2.05) is 0 Å². The summed E-state index contributed by atoms with van der Waals surface area (Å²) in [4.78, 5) is 0. The standard InChI is InChI=1S/C30H62O/c1-24(2)15-19-28(20-16-25(3)4)11-9-13-30(23-31)14-10-12-29(21-17-26(5)6)22-18-27(7)8/h24-31H,9-23H2,1-8H3. The second-order valence-electron chi connectivity index (χ2n) is 12.5. The largest absolute Gasteiger partial charge is 0.396 e. The van der Waals surface area contributed by atoms with Crippen LogP contribution in [0.15, 0.2) is 0 Å².